The quantitative estimate of drug-likeness (QED) is 0.850. The van der Waals surface area contributed by atoms with Crippen LogP contribution in [0.2, 0.25) is 0 Å². The standard InChI is InChI=1S/C19H28FN5/c1-14-7-8-16(20)17(12-14)25-18(21-22-23-25)13-24-10-5-6-15(9-11-24)19(2,3)4/h7-8,12,15H,5-6,9-11,13H2,1-4H3. The number of hydrogen-bond acceptors (Lipinski definition) is 4. The summed E-state index contributed by atoms with van der Waals surface area (Å²) in [5.74, 6) is 1.13. The largest absolute Gasteiger partial charge is 0.296 e. The molecule has 1 atom stereocenters. The fourth-order valence-electron chi connectivity index (χ4n) is 3.66. The lowest BCUT2D eigenvalue weighted by molar-refractivity contribution is 0.205. The summed E-state index contributed by atoms with van der Waals surface area (Å²) in [5, 5.41) is 12.0. The van der Waals surface area contributed by atoms with Crippen molar-refractivity contribution in [3.05, 3.63) is 35.4 Å². The Morgan fingerprint density at radius 1 is 1.20 bits per heavy atom. The van der Waals surface area contributed by atoms with Crippen LogP contribution in [0.1, 0.15) is 51.4 Å². The lowest BCUT2D eigenvalue weighted by Gasteiger charge is -2.29. The van der Waals surface area contributed by atoms with Crippen LogP contribution in [0.3, 0.4) is 0 Å². The lowest BCUT2D eigenvalue weighted by Crippen LogP contribution is -2.27. The molecule has 0 bridgehead atoms. The monoisotopic (exact) mass is 345 g/mol. The van der Waals surface area contributed by atoms with E-state index in [1.165, 1.54) is 30.0 Å². The van der Waals surface area contributed by atoms with Gasteiger partial charge in [-0.05, 0) is 78.7 Å². The molecule has 2 heterocycles. The molecule has 3 rings (SSSR count). The van der Waals surface area contributed by atoms with E-state index in [0.717, 1.165) is 24.6 Å². The number of benzene rings is 1. The van der Waals surface area contributed by atoms with Crippen LogP contribution >= 0.6 is 0 Å². The van der Waals surface area contributed by atoms with Gasteiger partial charge in [0.25, 0.3) is 0 Å². The number of aromatic nitrogens is 4. The first-order valence-electron chi connectivity index (χ1n) is 9.11. The summed E-state index contributed by atoms with van der Waals surface area (Å²) in [6.07, 6.45) is 3.63. The third kappa shape index (κ3) is 4.24. The van der Waals surface area contributed by atoms with Gasteiger partial charge in [0.1, 0.15) is 11.5 Å². The van der Waals surface area contributed by atoms with Gasteiger partial charge in [-0.15, -0.1) is 5.10 Å². The molecule has 136 valence electrons. The lowest BCUT2D eigenvalue weighted by atomic mass is 9.77. The summed E-state index contributed by atoms with van der Waals surface area (Å²) in [5.41, 5.74) is 1.76. The third-order valence-electron chi connectivity index (χ3n) is 5.27. The van der Waals surface area contributed by atoms with Crippen LogP contribution < -0.4 is 0 Å². The number of tetrazole rings is 1. The van der Waals surface area contributed by atoms with Gasteiger partial charge in [-0.2, -0.15) is 4.68 Å². The third-order valence-corrected chi connectivity index (χ3v) is 5.27. The highest BCUT2D eigenvalue weighted by Crippen LogP contribution is 2.34. The minimum Gasteiger partial charge on any atom is -0.296 e. The van der Waals surface area contributed by atoms with Gasteiger partial charge >= 0.3 is 0 Å². The highest BCUT2D eigenvalue weighted by atomic mass is 19.1. The van der Waals surface area contributed by atoms with Gasteiger partial charge in [0.05, 0.1) is 6.54 Å². The molecule has 6 heteroatoms. The van der Waals surface area contributed by atoms with Gasteiger partial charge in [0.15, 0.2) is 5.82 Å². The molecule has 0 N–H and O–H groups in total. The van der Waals surface area contributed by atoms with Crippen molar-refractivity contribution >= 4 is 0 Å². The summed E-state index contributed by atoms with van der Waals surface area (Å²) in [6, 6.07) is 5.01. The first kappa shape index (κ1) is 18.0. The van der Waals surface area contributed by atoms with Crippen molar-refractivity contribution < 1.29 is 4.39 Å². The molecule has 2 aromatic rings. The molecule has 0 radical (unpaired) electrons. The Morgan fingerprint density at radius 3 is 2.76 bits per heavy atom. The van der Waals surface area contributed by atoms with Crippen molar-refractivity contribution in [3.63, 3.8) is 0 Å². The molecule has 0 spiro atoms. The number of hydrogen-bond donors (Lipinski definition) is 0. The van der Waals surface area contributed by atoms with E-state index >= 15 is 0 Å². The van der Waals surface area contributed by atoms with Crippen LogP contribution in [0.15, 0.2) is 18.2 Å². The van der Waals surface area contributed by atoms with Crippen molar-refractivity contribution in [3.8, 4) is 5.69 Å². The maximum atomic E-state index is 14.2. The summed E-state index contributed by atoms with van der Waals surface area (Å²) in [7, 11) is 0. The van der Waals surface area contributed by atoms with E-state index in [4.69, 9.17) is 0 Å². The number of aryl methyl sites for hydroxylation is 1. The predicted octanol–water partition coefficient (Wildman–Crippen LogP) is 3.76. The van der Waals surface area contributed by atoms with Crippen molar-refractivity contribution in [2.45, 2.75) is 53.5 Å². The Bertz CT molecular complexity index is 719. The van der Waals surface area contributed by atoms with E-state index in [1.807, 2.05) is 6.92 Å². The van der Waals surface area contributed by atoms with Gasteiger partial charge in [0.2, 0.25) is 0 Å². The van der Waals surface area contributed by atoms with Crippen LogP contribution in [0.25, 0.3) is 5.69 Å². The van der Waals surface area contributed by atoms with Gasteiger partial charge in [0, 0.05) is 0 Å². The molecule has 1 unspecified atom stereocenters. The Labute approximate surface area is 149 Å². The average Bonchev–Trinajstić information content (AvgIpc) is 2.85. The van der Waals surface area contributed by atoms with E-state index in [1.54, 1.807) is 12.1 Å². The molecule has 0 saturated carbocycles. The highest BCUT2D eigenvalue weighted by Gasteiger charge is 2.27. The first-order valence-corrected chi connectivity index (χ1v) is 9.11. The minimum atomic E-state index is -0.303. The predicted molar refractivity (Wildman–Crippen MR) is 95.9 cm³/mol. The zero-order chi connectivity index (χ0) is 18.0. The Balaban J connectivity index is 1.75. The molecule has 1 aliphatic heterocycles. The molecule has 1 aliphatic rings. The number of likely N-dealkylation sites (tertiary alicyclic amines) is 1. The minimum absolute atomic E-state index is 0.303. The van der Waals surface area contributed by atoms with Crippen LogP contribution in [0.4, 0.5) is 4.39 Å². The number of rotatable bonds is 3. The zero-order valence-corrected chi connectivity index (χ0v) is 15.7. The molecule has 5 nitrogen and oxygen atoms in total. The second-order valence-electron chi connectivity index (χ2n) is 8.23. The van der Waals surface area contributed by atoms with Gasteiger partial charge < -0.3 is 0 Å². The van der Waals surface area contributed by atoms with Crippen molar-refractivity contribution in [1.82, 2.24) is 25.1 Å². The van der Waals surface area contributed by atoms with E-state index < -0.39 is 0 Å². The Kier molecular flexibility index (Phi) is 5.18. The van der Waals surface area contributed by atoms with E-state index in [9.17, 15) is 4.39 Å². The van der Waals surface area contributed by atoms with Gasteiger partial charge in [-0.25, -0.2) is 4.39 Å². The second kappa shape index (κ2) is 7.20. The summed E-state index contributed by atoms with van der Waals surface area (Å²) < 4.78 is 15.7. The van der Waals surface area contributed by atoms with Crippen LogP contribution in [0.5, 0.6) is 0 Å². The highest BCUT2D eigenvalue weighted by molar-refractivity contribution is 5.36. The van der Waals surface area contributed by atoms with Crippen molar-refractivity contribution in [1.29, 1.82) is 0 Å². The van der Waals surface area contributed by atoms with E-state index in [-0.39, 0.29) is 5.82 Å². The Morgan fingerprint density at radius 2 is 2.00 bits per heavy atom. The summed E-state index contributed by atoms with van der Waals surface area (Å²) in [4.78, 5) is 2.39. The molecular weight excluding hydrogens is 317 g/mol. The van der Waals surface area contributed by atoms with Gasteiger partial charge in [-0.1, -0.05) is 26.8 Å². The fourth-order valence-corrected chi connectivity index (χ4v) is 3.66. The molecular formula is C19H28FN5. The van der Waals surface area contributed by atoms with Crippen LogP contribution in [-0.2, 0) is 6.54 Å². The maximum absolute atomic E-state index is 14.2. The molecule has 0 amide bonds. The zero-order valence-electron chi connectivity index (χ0n) is 15.7. The van der Waals surface area contributed by atoms with E-state index in [0.29, 0.717) is 23.5 Å². The van der Waals surface area contributed by atoms with Crippen LogP contribution in [-0.4, -0.2) is 38.2 Å². The fraction of sp³-hybridized carbons (Fsp3) is 0.632. The number of nitrogens with zero attached hydrogens (tertiary/aromatic N) is 5. The second-order valence-corrected chi connectivity index (χ2v) is 8.23. The normalized spacial score (nSPS) is 19.8. The molecule has 1 fully saturated rings. The maximum Gasteiger partial charge on any atom is 0.170 e. The van der Waals surface area contributed by atoms with Crippen LogP contribution in [0, 0.1) is 24.1 Å². The molecule has 0 aliphatic carbocycles. The molecule has 1 aromatic heterocycles. The molecule has 1 saturated heterocycles. The molecule has 25 heavy (non-hydrogen) atoms. The Hall–Kier alpha value is -1.82. The van der Waals surface area contributed by atoms with Crippen molar-refractivity contribution in [2.24, 2.45) is 11.3 Å². The van der Waals surface area contributed by atoms with Crippen molar-refractivity contribution in [2.75, 3.05) is 13.1 Å². The van der Waals surface area contributed by atoms with Gasteiger partial charge in [-0.3, -0.25) is 4.90 Å². The summed E-state index contributed by atoms with van der Waals surface area (Å²) >= 11 is 0. The topological polar surface area (TPSA) is 46.8 Å². The molecule has 1 aromatic carbocycles. The number of halogens is 1. The smallest absolute Gasteiger partial charge is 0.170 e. The average molecular weight is 345 g/mol. The van der Waals surface area contributed by atoms with E-state index in [2.05, 4.69) is 41.2 Å². The SMILES string of the molecule is Cc1ccc(F)c(-n2nnnc2CN2CCCC(C(C)(C)C)CC2)c1. The summed E-state index contributed by atoms with van der Waals surface area (Å²) in [6.45, 7) is 11.6. The first-order chi connectivity index (χ1) is 11.8.